The molecule has 8 heteroatoms. The normalized spacial score (nSPS) is 25.5. The lowest BCUT2D eigenvalue weighted by atomic mass is 9.60. The number of aliphatic hydroxyl groups is 3. The van der Waals surface area contributed by atoms with Crippen LogP contribution < -0.4 is 5.73 Å². The number of aliphatic hydroxyl groups excluding tert-OH is 2. The molecule has 1 amide bonds. The number of phenols is 1. The molecule has 0 heterocycles. The molecule has 2 aromatic rings. The second kappa shape index (κ2) is 7.58. The summed E-state index contributed by atoms with van der Waals surface area (Å²) < 4.78 is 0. The van der Waals surface area contributed by atoms with E-state index in [1.165, 1.54) is 6.07 Å². The van der Waals surface area contributed by atoms with Crippen LogP contribution in [-0.2, 0) is 16.0 Å². The number of primary amides is 1. The molecule has 0 saturated carbocycles. The number of rotatable bonds is 2. The van der Waals surface area contributed by atoms with E-state index < -0.39 is 52.0 Å². The molecule has 0 aromatic heterocycles. The number of benzene rings is 2. The molecule has 0 bridgehead atoms. The summed E-state index contributed by atoms with van der Waals surface area (Å²) in [5.74, 6) is -3.95. The Morgan fingerprint density at radius 3 is 2.37 bits per heavy atom. The Labute approximate surface area is 200 Å². The number of fused-ring (bicyclic) bond motifs is 3. The fourth-order valence-corrected chi connectivity index (χ4v) is 5.64. The maximum Gasteiger partial charge on any atom is 0.255 e. The van der Waals surface area contributed by atoms with Gasteiger partial charge in [-0.1, -0.05) is 24.1 Å². The molecule has 176 valence electrons. The van der Waals surface area contributed by atoms with Crippen molar-refractivity contribution in [1.29, 1.82) is 0 Å². The van der Waals surface area contributed by atoms with Crippen molar-refractivity contribution < 1.29 is 34.8 Å². The number of ketones is 2. The quantitative estimate of drug-likeness (QED) is 0.332. The average Bonchev–Trinajstić information content (AvgIpc) is 2.81. The first-order chi connectivity index (χ1) is 16.6. The molecule has 0 saturated heterocycles. The molecule has 0 fully saturated rings. The lowest BCUT2D eigenvalue weighted by Gasteiger charge is -2.45. The van der Waals surface area contributed by atoms with E-state index in [1.807, 2.05) is 12.1 Å². The zero-order valence-electron chi connectivity index (χ0n) is 18.4. The molecule has 3 aliphatic rings. The van der Waals surface area contributed by atoms with Gasteiger partial charge in [-0.3, -0.25) is 14.4 Å². The smallest absolute Gasteiger partial charge is 0.255 e. The maximum absolute atomic E-state index is 13.6. The van der Waals surface area contributed by atoms with Crippen molar-refractivity contribution in [3.8, 4) is 29.2 Å². The van der Waals surface area contributed by atoms with Crippen LogP contribution in [0.15, 0.2) is 59.1 Å². The molecular weight excluding hydrogens is 450 g/mol. The highest BCUT2D eigenvalue weighted by Crippen LogP contribution is 2.52. The van der Waals surface area contributed by atoms with Crippen LogP contribution in [0.5, 0.6) is 5.75 Å². The van der Waals surface area contributed by atoms with Gasteiger partial charge in [0.2, 0.25) is 5.78 Å². The molecule has 3 aliphatic carbocycles. The number of carbonyl (C=O) groups excluding carboxylic acids is 3. The third kappa shape index (κ3) is 3.02. The van der Waals surface area contributed by atoms with Gasteiger partial charge in [0, 0.05) is 23.5 Å². The first-order valence-electron chi connectivity index (χ1n) is 11.0. The van der Waals surface area contributed by atoms with E-state index in [1.54, 1.807) is 18.2 Å². The maximum atomic E-state index is 13.6. The lowest BCUT2D eigenvalue weighted by Crippen LogP contribution is -2.57. The molecule has 0 unspecified atom stereocenters. The zero-order chi connectivity index (χ0) is 25.2. The van der Waals surface area contributed by atoms with Crippen LogP contribution in [-0.4, -0.2) is 43.5 Å². The molecule has 3 atom stereocenters. The second-order valence-electron chi connectivity index (χ2n) is 9.12. The Morgan fingerprint density at radius 2 is 1.74 bits per heavy atom. The topological polar surface area (TPSA) is 158 Å². The Hall–Kier alpha value is -4.35. The average molecular weight is 471 g/mol. The number of carbonyl (C=O) groups is 3. The lowest BCUT2D eigenvalue weighted by molar-refractivity contribution is -0.144. The van der Waals surface area contributed by atoms with E-state index in [4.69, 9.17) is 12.2 Å². The number of aromatic hydroxyl groups is 1. The Bertz CT molecular complexity index is 1440. The minimum atomic E-state index is -2.58. The number of hydrogen-bond acceptors (Lipinski definition) is 7. The number of nitrogens with two attached hydrogens (primary N) is 1. The Kier molecular flexibility index (Phi) is 4.86. The van der Waals surface area contributed by atoms with Crippen LogP contribution in [0, 0.1) is 24.2 Å². The fourth-order valence-electron chi connectivity index (χ4n) is 5.64. The summed E-state index contributed by atoms with van der Waals surface area (Å²) in [5, 5.41) is 43.2. The highest BCUT2D eigenvalue weighted by atomic mass is 16.3. The van der Waals surface area contributed by atoms with Crippen LogP contribution in [0.3, 0.4) is 0 Å². The molecule has 6 N–H and O–H groups in total. The fraction of sp³-hybridized carbons (Fsp3) is 0.222. The Balaban J connectivity index is 1.67. The summed E-state index contributed by atoms with van der Waals surface area (Å²) in [6, 6.07) is 10.2. The van der Waals surface area contributed by atoms with Gasteiger partial charge in [0.1, 0.15) is 22.8 Å². The van der Waals surface area contributed by atoms with Gasteiger partial charge < -0.3 is 26.2 Å². The van der Waals surface area contributed by atoms with E-state index in [0.29, 0.717) is 16.7 Å². The van der Waals surface area contributed by atoms with Crippen LogP contribution in [0.4, 0.5) is 0 Å². The predicted molar refractivity (Wildman–Crippen MR) is 124 cm³/mol. The molecule has 8 nitrogen and oxygen atoms in total. The number of Topliss-reactive ketones (excluding diaryl/α,β-unsaturated/α-hetero) is 2. The molecule has 0 radical (unpaired) electrons. The van der Waals surface area contributed by atoms with Gasteiger partial charge in [-0.15, -0.1) is 6.42 Å². The van der Waals surface area contributed by atoms with Crippen LogP contribution in [0.25, 0.3) is 11.1 Å². The van der Waals surface area contributed by atoms with Crippen molar-refractivity contribution >= 4 is 17.5 Å². The SMILES string of the molecule is C#Cc1ccc(-c2ccc(O)c3c2C[C@H]2C[C@H]4CC(O)=C(C(N)=O)C(=O)[C@@]4(O)C(O)=C2C3=O)cc1. The monoisotopic (exact) mass is 471 g/mol. The van der Waals surface area contributed by atoms with Crippen LogP contribution >= 0.6 is 0 Å². The van der Waals surface area contributed by atoms with Crippen LogP contribution in [0.2, 0.25) is 0 Å². The van der Waals surface area contributed by atoms with Gasteiger partial charge in [-0.25, -0.2) is 0 Å². The standard InChI is InChI=1S/C27H21NO7/c1-2-12-3-5-13(6-4-12)16-7-8-18(29)21-17(16)10-14-9-15-11-19(30)22(26(28)34)25(33)27(15,35)24(32)20(14)23(21)31/h1,3-8,14-15,29-30,32,35H,9-11H2,(H2,28,34)/t14-,15+,27+/m1/s1. The van der Waals surface area contributed by atoms with Crippen molar-refractivity contribution in [2.24, 2.45) is 17.6 Å². The van der Waals surface area contributed by atoms with E-state index in [-0.39, 0.29) is 36.1 Å². The molecular formula is C27H21NO7. The van der Waals surface area contributed by atoms with E-state index in [0.717, 1.165) is 5.56 Å². The number of amides is 1. The Morgan fingerprint density at radius 1 is 1.06 bits per heavy atom. The third-order valence-corrected chi connectivity index (χ3v) is 7.31. The van der Waals surface area contributed by atoms with Crippen molar-refractivity contribution in [2.45, 2.75) is 24.9 Å². The van der Waals surface area contributed by atoms with Crippen molar-refractivity contribution in [2.75, 3.05) is 0 Å². The summed E-state index contributed by atoms with van der Waals surface area (Å²) in [7, 11) is 0. The second-order valence-corrected chi connectivity index (χ2v) is 9.12. The summed E-state index contributed by atoms with van der Waals surface area (Å²) in [4.78, 5) is 38.3. The predicted octanol–water partition coefficient (Wildman–Crippen LogP) is 2.23. The molecule has 0 spiro atoms. The van der Waals surface area contributed by atoms with E-state index in [9.17, 15) is 34.8 Å². The van der Waals surface area contributed by atoms with Gasteiger partial charge in [-0.05, 0) is 53.6 Å². The largest absolute Gasteiger partial charge is 0.511 e. The van der Waals surface area contributed by atoms with Gasteiger partial charge in [-0.2, -0.15) is 0 Å². The van der Waals surface area contributed by atoms with Gasteiger partial charge in [0.25, 0.3) is 5.91 Å². The van der Waals surface area contributed by atoms with Gasteiger partial charge in [0.15, 0.2) is 11.4 Å². The number of phenolic OH excluding ortho intramolecular Hbond substituents is 1. The summed E-state index contributed by atoms with van der Waals surface area (Å²) >= 11 is 0. The minimum Gasteiger partial charge on any atom is -0.511 e. The first kappa shape index (κ1) is 22.4. The third-order valence-electron chi connectivity index (χ3n) is 7.31. The van der Waals surface area contributed by atoms with E-state index in [2.05, 4.69) is 5.92 Å². The number of allylic oxidation sites excluding steroid dienone is 2. The minimum absolute atomic E-state index is 0.0276. The highest BCUT2D eigenvalue weighted by molar-refractivity contribution is 6.24. The summed E-state index contributed by atoms with van der Waals surface area (Å²) in [6.07, 6.45) is 5.48. The van der Waals surface area contributed by atoms with E-state index >= 15 is 0 Å². The summed E-state index contributed by atoms with van der Waals surface area (Å²) in [6.45, 7) is 0. The molecule has 5 rings (SSSR count). The van der Waals surface area contributed by atoms with Crippen LogP contribution in [0.1, 0.15) is 34.3 Å². The highest BCUT2D eigenvalue weighted by Gasteiger charge is 2.59. The van der Waals surface area contributed by atoms with Crippen molar-refractivity contribution in [3.63, 3.8) is 0 Å². The van der Waals surface area contributed by atoms with Gasteiger partial charge in [0.05, 0.1) is 5.56 Å². The molecule has 2 aromatic carbocycles. The molecule has 0 aliphatic heterocycles. The number of hydrogen-bond donors (Lipinski definition) is 5. The van der Waals surface area contributed by atoms with Crippen molar-refractivity contribution in [3.05, 3.63) is 75.8 Å². The van der Waals surface area contributed by atoms with Crippen molar-refractivity contribution in [1.82, 2.24) is 0 Å². The zero-order valence-corrected chi connectivity index (χ0v) is 18.4. The summed E-state index contributed by atoms with van der Waals surface area (Å²) in [5.41, 5.74) is 4.35. The molecule has 35 heavy (non-hydrogen) atoms. The first-order valence-corrected chi connectivity index (χ1v) is 11.0. The number of terminal acetylenes is 1. The van der Waals surface area contributed by atoms with Gasteiger partial charge >= 0.3 is 0 Å².